The average Bonchev–Trinajstić information content (AvgIpc) is 2.76. The fourth-order valence-electron chi connectivity index (χ4n) is 3.08. The van der Waals surface area contributed by atoms with Crippen LogP contribution in [0.25, 0.3) is 11.0 Å². The fraction of sp³-hybridized carbons (Fsp3) is 0.261. The smallest absolute Gasteiger partial charge is 0.349 e. The molecule has 7 nitrogen and oxygen atoms in total. The summed E-state index contributed by atoms with van der Waals surface area (Å²) in [6.45, 7) is 7.27. The number of quaternary nitrogens is 1. The lowest BCUT2D eigenvalue weighted by Crippen LogP contribution is -3.11. The lowest BCUT2D eigenvalue weighted by molar-refractivity contribution is -0.896. The summed E-state index contributed by atoms with van der Waals surface area (Å²) in [4.78, 5) is 38.1. The molecule has 3 aromatic rings. The maximum Gasteiger partial charge on any atom is 0.349 e. The molecule has 0 atom stereocenters. The van der Waals surface area contributed by atoms with Crippen LogP contribution in [0.4, 0.5) is 5.69 Å². The minimum atomic E-state index is -0.707. The second-order valence-corrected chi connectivity index (χ2v) is 6.86. The van der Waals surface area contributed by atoms with Crippen molar-refractivity contribution in [3.05, 3.63) is 76.1 Å². The first-order valence-electron chi connectivity index (χ1n) is 9.96. The Balaban J connectivity index is 1.63. The van der Waals surface area contributed by atoms with Gasteiger partial charge < -0.3 is 19.4 Å². The van der Waals surface area contributed by atoms with Crippen molar-refractivity contribution in [1.82, 2.24) is 0 Å². The van der Waals surface area contributed by atoms with E-state index in [9.17, 15) is 14.4 Å². The van der Waals surface area contributed by atoms with Crippen molar-refractivity contribution < 1.29 is 23.6 Å². The van der Waals surface area contributed by atoms with Crippen LogP contribution in [0.15, 0.2) is 63.8 Å². The minimum Gasteiger partial charge on any atom is -0.456 e. The first-order valence-corrected chi connectivity index (χ1v) is 9.96. The molecule has 156 valence electrons. The summed E-state index contributed by atoms with van der Waals surface area (Å²) in [6.07, 6.45) is 0. The summed E-state index contributed by atoms with van der Waals surface area (Å²) in [5.41, 5.74) is 0.479. The number of carbonyl (C=O) groups excluding carboxylic acids is 2. The molecule has 0 saturated carbocycles. The minimum absolute atomic E-state index is 0.0870. The molecule has 1 heterocycles. The number of nitrogens with one attached hydrogen (secondary N) is 2. The van der Waals surface area contributed by atoms with E-state index in [0.717, 1.165) is 19.6 Å². The van der Waals surface area contributed by atoms with Gasteiger partial charge in [-0.25, -0.2) is 9.59 Å². The number of amides is 1. The Kier molecular flexibility index (Phi) is 6.98. The van der Waals surface area contributed by atoms with E-state index in [0.29, 0.717) is 28.8 Å². The van der Waals surface area contributed by atoms with Crippen molar-refractivity contribution >= 4 is 28.5 Å². The van der Waals surface area contributed by atoms with Gasteiger partial charge in [0.25, 0.3) is 5.91 Å². The van der Waals surface area contributed by atoms with Gasteiger partial charge in [0.15, 0.2) is 0 Å². The van der Waals surface area contributed by atoms with Gasteiger partial charge in [-0.05, 0) is 50.2 Å². The van der Waals surface area contributed by atoms with Gasteiger partial charge in [0.05, 0.1) is 18.7 Å². The zero-order valence-electron chi connectivity index (χ0n) is 17.1. The SMILES string of the molecule is CC[NH+](CC)CCOC(=O)c1ccc(NC(=O)c2cc3ccccc3oc2=O)cc1. The summed E-state index contributed by atoms with van der Waals surface area (Å²) in [5, 5.41) is 3.31. The number of ether oxygens (including phenoxy) is 1. The summed E-state index contributed by atoms with van der Waals surface area (Å²) >= 11 is 0. The number of hydrogen-bond donors (Lipinski definition) is 2. The molecule has 0 unspecified atom stereocenters. The van der Waals surface area contributed by atoms with E-state index >= 15 is 0 Å². The van der Waals surface area contributed by atoms with Crippen molar-refractivity contribution in [2.75, 3.05) is 31.6 Å². The first-order chi connectivity index (χ1) is 14.5. The van der Waals surface area contributed by atoms with Crippen LogP contribution in [0, 0.1) is 0 Å². The Morgan fingerprint density at radius 1 is 1.03 bits per heavy atom. The van der Waals surface area contributed by atoms with Gasteiger partial charge in [0.1, 0.15) is 24.3 Å². The number of benzene rings is 2. The number of fused-ring (bicyclic) bond motifs is 1. The Hall–Kier alpha value is -3.45. The molecule has 7 heteroatoms. The summed E-state index contributed by atoms with van der Waals surface area (Å²) in [7, 11) is 0. The van der Waals surface area contributed by atoms with Crippen LogP contribution in [0.3, 0.4) is 0 Å². The Labute approximate surface area is 174 Å². The molecule has 0 aliphatic rings. The third kappa shape index (κ3) is 5.12. The fourth-order valence-corrected chi connectivity index (χ4v) is 3.08. The van der Waals surface area contributed by atoms with Crippen LogP contribution < -0.4 is 15.8 Å². The molecule has 0 aliphatic heterocycles. The molecule has 0 saturated heterocycles. The van der Waals surface area contributed by atoms with Crippen molar-refractivity contribution in [1.29, 1.82) is 0 Å². The van der Waals surface area contributed by atoms with E-state index in [1.807, 2.05) is 0 Å². The van der Waals surface area contributed by atoms with Crippen LogP contribution in [-0.2, 0) is 4.74 Å². The molecule has 0 spiro atoms. The van der Waals surface area contributed by atoms with E-state index in [-0.39, 0.29) is 5.56 Å². The van der Waals surface area contributed by atoms with Gasteiger partial charge in [-0.2, -0.15) is 0 Å². The number of anilines is 1. The lowest BCUT2D eigenvalue weighted by atomic mass is 10.1. The molecule has 30 heavy (non-hydrogen) atoms. The normalized spacial score (nSPS) is 10.9. The standard InChI is InChI=1S/C23H24N2O5/c1-3-25(4-2)13-14-29-22(27)16-9-11-18(12-10-16)24-21(26)19-15-17-7-5-6-8-20(17)30-23(19)28/h5-12,15H,3-4,13-14H2,1-2H3,(H,24,26)/p+1. The molecule has 2 N–H and O–H groups in total. The van der Waals surface area contributed by atoms with Crippen molar-refractivity contribution in [3.8, 4) is 0 Å². The number of rotatable bonds is 8. The van der Waals surface area contributed by atoms with Crippen molar-refractivity contribution in [3.63, 3.8) is 0 Å². The predicted molar refractivity (Wildman–Crippen MR) is 114 cm³/mol. The second kappa shape index (κ2) is 9.84. The molecule has 0 bridgehead atoms. The maximum absolute atomic E-state index is 12.5. The molecule has 1 amide bonds. The highest BCUT2D eigenvalue weighted by Gasteiger charge is 2.15. The summed E-state index contributed by atoms with van der Waals surface area (Å²) < 4.78 is 10.5. The van der Waals surface area contributed by atoms with Gasteiger partial charge in [0, 0.05) is 11.1 Å². The lowest BCUT2D eigenvalue weighted by Gasteiger charge is -2.15. The Morgan fingerprint density at radius 3 is 2.43 bits per heavy atom. The largest absolute Gasteiger partial charge is 0.456 e. The van der Waals surface area contributed by atoms with Crippen molar-refractivity contribution in [2.24, 2.45) is 0 Å². The van der Waals surface area contributed by atoms with Crippen LogP contribution in [0.1, 0.15) is 34.6 Å². The van der Waals surface area contributed by atoms with Crippen LogP contribution in [-0.4, -0.2) is 38.1 Å². The molecular weight excluding hydrogens is 384 g/mol. The van der Waals surface area contributed by atoms with Gasteiger partial charge in [0.2, 0.25) is 0 Å². The predicted octanol–water partition coefficient (Wildman–Crippen LogP) is 2.13. The zero-order valence-corrected chi connectivity index (χ0v) is 17.1. The summed E-state index contributed by atoms with van der Waals surface area (Å²) in [5.74, 6) is -0.985. The Bertz CT molecular complexity index is 1080. The quantitative estimate of drug-likeness (QED) is 0.439. The Morgan fingerprint density at radius 2 is 1.73 bits per heavy atom. The first kappa shape index (κ1) is 21.3. The topological polar surface area (TPSA) is 90.1 Å². The molecule has 0 radical (unpaired) electrons. The number of esters is 1. The summed E-state index contributed by atoms with van der Waals surface area (Å²) in [6, 6.07) is 14.8. The highest BCUT2D eigenvalue weighted by Crippen LogP contribution is 2.15. The molecular formula is C23H25N2O5+. The van der Waals surface area contributed by atoms with E-state index in [1.165, 1.54) is 11.0 Å². The van der Waals surface area contributed by atoms with E-state index in [1.54, 1.807) is 48.5 Å². The third-order valence-corrected chi connectivity index (χ3v) is 4.95. The monoisotopic (exact) mass is 409 g/mol. The van der Waals surface area contributed by atoms with E-state index in [4.69, 9.17) is 9.15 Å². The van der Waals surface area contributed by atoms with E-state index in [2.05, 4.69) is 19.2 Å². The highest BCUT2D eigenvalue weighted by molar-refractivity contribution is 6.05. The zero-order chi connectivity index (χ0) is 21.5. The average molecular weight is 409 g/mol. The molecule has 3 rings (SSSR count). The molecule has 0 aliphatic carbocycles. The molecule has 2 aromatic carbocycles. The molecule has 0 fully saturated rings. The highest BCUT2D eigenvalue weighted by atomic mass is 16.5. The van der Waals surface area contributed by atoms with Gasteiger partial charge in [-0.15, -0.1) is 0 Å². The number of para-hydroxylation sites is 1. The van der Waals surface area contributed by atoms with Crippen LogP contribution in [0.5, 0.6) is 0 Å². The van der Waals surface area contributed by atoms with Crippen LogP contribution >= 0.6 is 0 Å². The third-order valence-electron chi connectivity index (χ3n) is 4.95. The number of hydrogen-bond acceptors (Lipinski definition) is 5. The van der Waals surface area contributed by atoms with Gasteiger partial charge in [-0.1, -0.05) is 18.2 Å². The number of carbonyl (C=O) groups is 2. The van der Waals surface area contributed by atoms with Crippen LogP contribution in [0.2, 0.25) is 0 Å². The van der Waals surface area contributed by atoms with E-state index < -0.39 is 17.5 Å². The van der Waals surface area contributed by atoms with Gasteiger partial charge in [-0.3, -0.25) is 4.79 Å². The van der Waals surface area contributed by atoms with Gasteiger partial charge >= 0.3 is 11.6 Å². The molecule has 1 aromatic heterocycles. The second-order valence-electron chi connectivity index (χ2n) is 6.86. The van der Waals surface area contributed by atoms with Crippen molar-refractivity contribution in [2.45, 2.75) is 13.8 Å². The maximum atomic E-state index is 12.5. The number of likely N-dealkylation sites (N-methyl/N-ethyl adjacent to an activating group) is 1.